The molecule has 9 heteroatoms. The van der Waals surface area contributed by atoms with Crippen LogP contribution in [0.5, 0.6) is 0 Å². The molecule has 1 aromatic heterocycles. The molecule has 0 fully saturated rings. The zero-order valence-electron chi connectivity index (χ0n) is 12.3. The van der Waals surface area contributed by atoms with Gasteiger partial charge in [-0.15, -0.1) is 5.10 Å². The van der Waals surface area contributed by atoms with Crippen molar-refractivity contribution in [2.45, 2.75) is 12.4 Å². The molecule has 0 saturated heterocycles. The maximum absolute atomic E-state index is 12.9. The van der Waals surface area contributed by atoms with Crippen LogP contribution in [0.4, 0.5) is 26.3 Å². The lowest BCUT2D eigenvalue weighted by Gasteiger charge is -2.13. The van der Waals surface area contributed by atoms with Gasteiger partial charge in [-0.3, -0.25) is 0 Å². The fraction of sp³-hybridized carbons (Fsp3) is 0.125. The van der Waals surface area contributed by atoms with Crippen LogP contribution in [0.3, 0.4) is 0 Å². The van der Waals surface area contributed by atoms with Crippen LogP contribution in [-0.4, -0.2) is 15.0 Å². The van der Waals surface area contributed by atoms with Gasteiger partial charge in [-0.2, -0.15) is 26.3 Å². The Morgan fingerprint density at radius 2 is 1.32 bits per heavy atom. The average Bonchev–Trinajstić information content (AvgIpc) is 3.04. The molecule has 3 aromatic rings. The van der Waals surface area contributed by atoms with E-state index in [4.69, 9.17) is 0 Å². The van der Waals surface area contributed by atoms with E-state index in [1.807, 2.05) is 0 Å². The lowest BCUT2D eigenvalue weighted by Crippen LogP contribution is -2.12. The van der Waals surface area contributed by atoms with Gasteiger partial charge in [0.05, 0.1) is 23.0 Å². The first-order chi connectivity index (χ1) is 11.6. The second-order valence-electron chi connectivity index (χ2n) is 5.18. The summed E-state index contributed by atoms with van der Waals surface area (Å²) in [6, 6.07) is 9.86. The smallest absolute Gasteiger partial charge is 0.220 e. The Balaban J connectivity index is 2.09. The molecule has 2 aromatic carbocycles. The van der Waals surface area contributed by atoms with Crippen LogP contribution in [0.1, 0.15) is 11.1 Å². The Morgan fingerprint density at radius 1 is 0.760 bits per heavy atom. The second-order valence-corrected chi connectivity index (χ2v) is 5.18. The van der Waals surface area contributed by atoms with Crippen molar-refractivity contribution in [1.29, 1.82) is 0 Å². The van der Waals surface area contributed by atoms with E-state index < -0.39 is 23.5 Å². The van der Waals surface area contributed by atoms with E-state index in [-0.39, 0.29) is 11.8 Å². The summed E-state index contributed by atoms with van der Waals surface area (Å²) in [5, 5.41) is 7.44. The third-order valence-corrected chi connectivity index (χ3v) is 3.40. The van der Waals surface area contributed by atoms with Crippen LogP contribution >= 0.6 is 0 Å². The highest BCUT2D eigenvalue weighted by Crippen LogP contribution is 2.37. The first-order valence-corrected chi connectivity index (χ1v) is 6.92. The third-order valence-electron chi connectivity index (χ3n) is 3.40. The number of nitrogens with zero attached hydrogens (tertiary/aromatic N) is 3. The molecule has 0 radical (unpaired) electrons. The topological polar surface area (TPSA) is 30.7 Å². The van der Waals surface area contributed by atoms with Crippen molar-refractivity contribution in [1.82, 2.24) is 15.0 Å². The van der Waals surface area contributed by atoms with E-state index in [0.29, 0.717) is 23.4 Å². The average molecular weight is 357 g/mol. The number of halogens is 6. The first kappa shape index (κ1) is 17.0. The minimum Gasteiger partial charge on any atom is -0.220 e. The Bertz CT molecular complexity index is 849. The molecule has 25 heavy (non-hydrogen) atoms. The number of hydrogen-bond donors (Lipinski definition) is 0. The van der Waals surface area contributed by atoms with Gasteiger partial charge in [0.25, 0.3) is 0 Å². The molecule has 0 unspecified atom stereocenters. The maximum Gasteiger partial charge on any atom is 0.416 e. The Hall–Kier alpha value is -2.84. The van der Waals surface area contributed by atoms with Gasteiger partial charge in [0.15, 0.2) is 0 Å². The van der Waals surface area contributed by atoms with Crippen molar-refractivity contribution in [3.05, 3.63) is 65.9 Å². The molecule has 1 heterocycles. The lowest BCUT2D eigenvalue weighted by molar-refractivity contribution is -0.143. The summed E-state index contributed by atoms with van der Waals surface area (Å²) in [6.07, 6.45) is -8.57. The van der Waals surface area contributed by atoms with Crippen molar-refractivity contribution in [3.8, 4) is 16.9 Å². The molecule has 0 amide bonds. The zero-order valence-corrected chi connectivity index (χ0v) is 12.3. The molecule has 0 aliphatic carbocycles. The van der Waals surface area contributed by atoms with Crippen molar-refractivity contribution in [2.24, 2.45) is 0 Å². The van der Waals surface area contributed by atoms with Crippen molar-refractivity contribution < 1.29 is 26.3 Å². The van der Waals surface area contributed by atoms with Gasteiger partial charge in [-0.1, -0.05) is 35.5 Å². The first-order valence-electron chi connectivity index (χ1n) is 6.92. The summed E-state index contributed by atoms with van der Waals surface area (Å²) >= 11 is 0. The molecular weight excluding hydrogens is 348 g/mol. The van der Waals surface area contributed by atoms with Crippen LogP contribution in [0.25, 0.3) is 16.9 Å². The highest BCUT2D eigenvalue weighted by molar-refractivity contribution is 5.58. The van der Waals surface area contributed by atoms with E-state index in [9.17, 15) is 26.3 Å². The van der Waals surface area contributed by atoms with Gasteiger partial charge in [-0.25, -0.2) is 4.68 Å². The van der Waals surface area contributed by atoms with E-state index in [0.717, 1.165) is 4.68 Å². The van der Waals surface area contributed by atoms with Crippen LogP contribution < -0.4 is 0 Å². The number of hydrogen-bond acceptors (Lipinski definition) is 2. The van der Waals surface area contributed by atoms with Crippen LogP contribution in [0.2, 0.25) is 0 Å². The number of rotatable bonds is 2. The summed E-state index contributed by atoms with van der Waals surface area (Å²) in [4.78, 5) is 0. The van der Waals surface area contributed by atoms with Crippen LogP contribution in [0, 0.1) is 0 Å². The number of benzene rings is 2. The fourth-order valence-corrected chi connectivity index (χ4v) is 2.20. The van der Waals surface area contributed by atoms with Crippen LogP contribution in [0.15, 0.2) is 54.7 Å². The van der Waals surface area contributed by atoms with Gasteiger partial charge < -0.3 is 0 Å². The van der Waals surface area contributed by atoms with Gasteiger partial charge in [0.1, 0.15) is 5.69 Å². The summed E-state index contributed by atoms with van der Waals surface area (Å²) in [5.41, 5.74) is -2.23. The summed E-state index contributed by atoms with van der Waals surface area (Å²) < 4.78 is 78.3. The predicted molar refractivity (Wildman–Crippen MR) is 76.8 cm³/mol. The molecular formula is C16H9F6N3. The predicted octanol–water partition coefficient (Wildman–Crippen LogP) is 4.97. The van der Waals surface area contributed by atoms with Crippen LogP contribution in [-0.2, 0) is 12.4 Å². The summed E-state index contributed by atoms with van der Waals surface area (Å²) in [7, 11) is 0. The molecule has 0 atom stereocenters. The number of aromatic nitrogens is 3. The minimum atomic E-state index is -4.92. The molecule has 0 bridgehead atoms. The van der Waals surface area contributed by atoms with Crippen molar-refractivity contribution >= 4 is 0 Å². The molecule has 0 aliphatic heterocycles. The SMILES string of the molecule is FC(F)(F)c1cc(-n2cc(-c3ccccc3)nn2)cc(C(F)(F)F)c1. The summed E-state index contributed by atoms with van der Waals surface area (Å²) in [6.45, 7) is 0. The third kappa shape index (κ3) is 3.65. The highest BCUT2D eigenvalue weighted by atomic mass is 19.4. The van der Waals surface area contributed by atoms with E-state index in [1.165, 1.54) is 6.20 Å². The Morgan fingerprint density at radius 3 is 1.84 bits per heavy atom. The van der Waals surface area contributed by atoms with Crippen molar-refractivity contribution in [2.75, 3.05) is 0 Å². The van der Waals surface area contributed by atoms with Gasteiger partial charge in [-0.05, 0) is 18.2 Å². The molecule has 0 saturated carbocycles. The Labute approximate surface area is 137 Å². The van der Waals surface area contributed by atoms with Gasteiger partial charge in [0.2, 0.25) is 0 Å². The minimum absolute atomic E-state index is 0.0680. The van der Waals surface area contributed by atoms with E-state index in [2.05, 4.69) is 10.3 Å². The molecule has 3 rings (SSSR count). The quantitative estimate of drug-likeness (QED) is 0.606. The van der Waals surface area contributed by atoms with Gasteiger partial charge in [0, 0.05) is 5.56 Å². The molecule has 3 nitrogen and oxygen atoms in total. The number of alkyl halides is 6. The van der Waals surface area contributed by atoms with E-state index in [1.54, 1.807) is 30.3 Å². The van der Waals surface area contributed by atoms with E-state index >= 15 is 0 Å². The lowest BCUT2D eigenvalue weighted by atomic mass is 10.1. The molecule has 0 aliphatic rings. The highest BCUT2D eigenvalue weighted by Gasteiger charge is 2.37. The standard InChI is InChI=1S/C16H9F6N3/c17-15(18,19)11-6-12(16(20,21)22)8-13(7-11)25-9-14(23-24-25)10-4-2-1-3-5-10/h1-9H. The normalized spacial score (nSPS) is 12.4. The molecule has 0 spiro atoms. The molecule has 0 N–H and O–H groups in total. The largest absolute Gasteiger partial charge is 0.416 e. The zero-order chi connectivity index (χ0) is 18.2. The molecule has 130 valence electrons. The Kier molecular flexibility index (Phi) is 4.02. The van der Waals surface area contributed by atoms with Gasteiger partial charge >= 0.3 is 12.4 Å². The monoisotopic (exact) mass is 357 g/mol. The maximum atomic E-state index is 12.9. The fourth-order valence-electron chi connectivity index (χ4n) is 2.20. The second kappa shape index (κ2) is 5.91. The van der Waals surface area contributed by atoms with Crippen molar-refractivity contribution in [3.63, 3.8) is 0 Å². The summed E-state index contributed by atoms with van der Waals surface area (Å²) in [5.74, 6) is 0.